The Hall–Kier alpha value is -2.62. The van der Waals surface area contributed by atoms with Crippen molar-refractivity contribution in [1.82, 2.24) is 9.88 Å². The number of rotatable bonds is 3. The summed E-state index contributed by atoms with van der Waals surface area (Å²) in [7, 11) is -1.79. The van der Waals surface area contributed by atoms with Crippen LogP contribution in [0.5, 0.6) is 5.88 Å². The number of pyridine rings is 1. The summed E-state index contributed by atoms with van der Waals surface area (Å²) in [4.78, 5) is 19.6. The molecule has 1 saturated heterocycles. The van der Waals surface area contributed by atoms with Crippen LogP contribution in [0.3, 0.4) is 0 Å². The third-order valence-corrected chi connectivity index (χ3v) is 7.35. The molecule has 6 nitrogen and oxygen atoms in total. The molecule has 2 aromatic rings. The number of benzene rings is 1. The number of aromatic nitrogens is 1. The average Bonchev–Trinajstić information content (AvgIpc) is 2.77. The van der Waals surface area contributed by atoms with E-state index in [4.69, 9.17) is 4.74 Å². The van der Waals surface area contributed by atoms with Gasteiger partial charge in [0, 0.05) is 18.3 Å². The second-order valence-corrected chi connectivity index (χ2v) is 9.52. The zero-order valence-corrected chi connectivity index (χ0v) is 18.6. The van der Waals surface area contributed by atoms with E-state index in [2.05, 4.69) is 4.98 Å². The maximum atomic E-state index is 13.2. The fourth-order valence-electron chi connectivity index (χ4n) is 4.22. The van der Waals surface area contributed by atoms with E-state index in [9.17, 15) is 22.2 Å². The zero-order chi connectivity index (χ0) is 23.0. The molecule has 0 radical (unpaired) electrons. The predicted molar refractivity (Wildman–Crippen MR) is 114 cm³/mol. The molecule has 0 N–H and O–H groups in total. The molecule has 3 unspecified atom stereocenters. The standard InChI is InChI=1S/C22H24F3N3O3S/c1-14-4-3-5-15(2)28(14)21(29)16-12-19-20(26-13-16)31-11-10-27(19)32(30)18-8-6-17(7-9-18)22(23,24)25/h6-9,12-15H,3-5,10-11H2,1-2H3. The summed E-state index contributed by atoms with van der Waals surface area (Å²) in [6.07, 6.45) is -0.0707. The molecular weight excluding hydrogens is 443 g/mol. The van der Waals surface area contributed by atoms with Gasteiger partial charge in [-0.25, -0.2) is 9.19 Å². The lowest BCUT2D eigenvalue weighted by Crippen LogP contribution is -2.47. The number of likely N-dealkylation sites (tertiary alicyclic amines) is 1. The largest absolute Gasteiger partial charge is 0.474 e. The van der Waals surface area contributed by atoms with Crippen molar-refractivity contribution in [2.75, 3.05) is 17.5 Å². The van der Waals surface area contributed by atoms with Gasteiger partial charge in [-0.3, -0.25) is 9.10 Å². The Kier molecular flexibility index (Phi) is 6.15. The van der Waals surface area contributed by atoms with Crippen molar-refractivity contribution in [1.29, 1.82) is 0 Å². The number of nitrogens with zero attached hydrogens (tertiary/aromatic N) is 3. The topological polar surface area (TPSA) is 62.7 Å². The molecule has 0 bridgehead atoms. The molecule has 10 heteroatoms. The fourth-order valence-corrected chi connectivity index (χ4v) is 5.40. The molecule has 2 aliphatic rings. The maximum Gasteiger partial charge on any atom is 0.416 e. The van der Waals surface area contributed by atoms with E-state index >= 15 is 0 Å². The molecule has 0 spiro atoms. The van der Waals surface area contributed by atoms with Crippen LogP contribution in [0, 0.1) is 0 Å². The molecule has 1 fully saturated rings. The number of piperidine rings is 1. The lowest BCUT2D eigenvalue weighted by Gasteiger charge is -2.39. The zero-order valence-electron chi connectivity index (χ0n) is 17.8. The highest BCUT2D eigenvalue weighted by Gasteiger charge is 2.33. The summed E-state index contributed by atoms with van der Waals surface area (Å²) >= 11 is 0. The summed E-state index contributed by atoms with van der Waals surface area (Å²) in [5.74, 6) is 0.0960. The molecule has 0 saturated carbocycles. The Morgan fingerprint density at radius 3 is 2.44 bits per heavy atom. The molecule has 1 amide bonds. The van der Waals surface area contributed by atoms with Crippen molar-refractivity contribution < 1.29 is 26.9 Å². The molecule has 2 aliphatic heterocycles. The summed E-state index contributed by atoms with van der Waals surface area (Å²) in [6, 6.07) is 6.05. The van der Waals surface area contributed by atoms with E-state index in [1.165, 1.54) is 22.6 Å². The second-order valence-electron chi connectivity index (χ2n) is 8.11. The molecule has 3 heterocycles. The van der Waals surface area contributed by atoms with Crippen LogP contribution in [-0.4, -0.2) is 45.2 Å². The number of hydrogen-bond acceptors (Lipinski definition) is 4. The molecule has 172 valence electrons. The van der Waals surface area contributed by atoms with Crippen LogP contribution in [0.2, 0.25) is 0 Å². The van der Waals surface area contributed by atoms with E-state index in [-0.39, 0.29) is 41.9 Å². The lowest BCUT2D eigenvalue weighted by atomic mass is 9.96. The van der Waals surface area contributed by atoms with Crippen LogP contribution in [0.4, 0.5) is 18.9 Å². The van der Waals surface area contributed by atoms with Gasteiger partial charge in [0.2, 0.25) is 5.88 Å². The van der Waals surface area contributed by atoms with Gasteiger partial charge in [0.05, 0.1) is 22.6 Å². The quantitative estimate of drug-likeness (QED) is 0.670. The van der Waals surface area contributed by atoms with Gasteiger partial charge in [0.15, 0.2) is 11.0 Å². The fraction of sp³-hybridized carbons (Fsp3) is 0.455. The number of alkyl halides is 3. The monoisotopic (exact) mass is 467 g/mol. The molecule has 1 aromatic heterocycles. The number of anilines is 1. The highest BCUT2D eigenvalue weighted by atomic mass is 32.2. The molecule has 32 heavy (non-hydrogen) atoms. The minimum absolute atomic E-state index is 0.107. The van der Waals surface area contributed by atoms with Crippen molar-refractivity contribution in [2.24, 2.45) is 0 Å². The third kappa shape index (κ3) is 4.32. The van der Waals surface area contributed by atoms with Gasteiger partial charge in [-0.15, -0.1) is 0 Å². The smallest absolute Gasteiger partial charge is 0.416 e. The van der Waals surface area contributed by atoms with Crippen LogP contribution < -0.4 is 9.04 Å². The van der Waals surface area contributed by atoms with Gasteiger partial charge < -0.3 is 9.64 Å². The summed E-state index contributed by atoms with van der Waals surface area (Å²) in [5, 5.41) is 0. The molecule has 4 rings (SSSR count). The van der Waals surface area contributed by atoms with Crippen molar-refractivity contribution in [3.05, 3.63) is 47.7 Å². The number of carbonyl (C=O) groups is 1. The minimum atomic E-state index is -4.46. The van der Waals surface area contributed by atoms with Gasteiger partial charge in [0.25, 0.3) is 5.91 Å². The number of amides is 1. The van der Waals surface area contributed by atoms with Gasteiger partial charge in [-0.05, 0) is 63.4 Å². The van der Waals surface area contributed by atoms with Crippen LogP contribution in [0.15, 0.2) is 41.4 Å². The normalized spacial score (nSPS) is 22.2. The minimum Gasteiger partial charge on any atom is -0.474 e. The Balaban J connectivity index is 1.63. The maximum absolute atomic E-state index is 13.2. The summed E-state index contributed by atoms with van der Waals surface area (Å²) < 4.78 is 58.8. The second kappa shape index (κ2) is 8.73. The Morgan fingerprint density at radius 1 is 1.16 bits per heavy atom. The first-order valence-electron chi connectivity index (χ1n) is 10.5. The Morgan fingerprint density at radius 2 is 1.81 bits per heavy atom. The number of hydrogen-bond donors (Lipinski definition) is 0. The summed E-state index contributed by atoms with van der Waals surface area (Å²) in [5.41, 5.74) is -0.0538. The van der Waals surface area contributed by atoms with Crippen LogP contribution in [-0.2, 0) is 17.2 Å². The number of halogens is 3. The Bertz CT molecular complexity index is 1020. The highest BCUT2D eigenvalue weighted by Crippen LogP contribution is 2.35. The van der Waals surface area contributed by atoms with E-state index in [0.29, 0.717) is 11.3 Å². The van der Waals surface area contributed by atoms with E-state index in [1.54, 1.807) is 6.07 Å². The van der Waals surface area contributed by atoms with Crippen molar-refractivity contribution >= 4 is 22.6 Å². The van der Waals surface area contributed by atoms with Crippen molar-refractivity contribution in [3.63, 3.8) is 0 Å². The van der Waals surface area contributed by atoms with Crippen LogP contribution >= 0.6 is 0 Å². The Labute approximate surface area is 187 Å². The molecule has 3 atom stereocenters. The number of carbonyl (C=O) groups excluding carboxylic acids is 1. The molecular formula is C22H24F3N3O3S. The number of ether oxygens (including phenoxy) is 1. The van der Waals surface area contributed by atoms with Crippen molar-refractivity contribution in [3.8, 4) is 5.88 Å². The first-order valence-corrected chi connectivity index (χ1v) is 11.6. The number of fused-ring (bicyclic) bond motifs is 1. The highest BCUT2D eigenvalue weighted by molar-refractivity contribution is 7.86. The van der Waals surface area contributed by atoms with E-state index in [1.807, 2.05) is 18.7 Å². The van der Waals surface area contributed by atoms with Gasteiger partial charge >= 0.3 is 6.18 Å². The van der Waals surface area contributed by atoms with Gasteiger partial charge in [0.1, 0.15) is 12.3 Å². The summed E-state index contributed by atoms with van der Waals surface area (Å²) in [6.45, 7) is 4.51. The molecule has 0 aliphatic carbocycles. The van der Waals surface area contributed by atoms with Crippen LogP contribution in [0.25, 0.3) is 0 Å². The van der Waals surface area contributed by atoms with Gasteiger partial charge in [-0.1, -0.05) is 0 Å². The predicted octanol–water partition coefficient (Wildman–Crippen LogP) is 4.43. The first-order chi connectivity index (χ1) is 15.2. The van der Waals surface area contributed by atoms with Crippen LogP contribution in [0.1, 0.15) is 49.0 Å². The lowest BCUT2D eigenvalue weighted by molar-refractivity contribution is -0.137. The van der Waals surface area contributed by atoms with E-state index in [0.717, 1.165) is 31.4 Å². The van der Waals surface area contributed by atoms with E-state index < -0.39 is 22.7 Å². The first kappa shape index (κ1) is 22.6. The third-order valence-electron chi connectivity index (χ3n) is 5.89. The van der Waals surface area contributed by atoms with Crippen molar-refractivity contribution in [2.45, 2.75) is 56.3 Å². The molecule has 1 aromatic carbocycles. The average molecular weight is 468 g/mol. The van der Waals surface area contributed by atoms with Gasteiger partial charge in [-0.2, -0.15) is 13.2 Å². The SMILES string of the molecule is CC1CCCC(C)N1C(=O)c1cnc2c(c1)N(S(=O)c1ccc(C(F)(F)F)cc1)CCO2.